The van der Waals surface area contributed by atoms with E-state index >= 15 is 0 Å². The minimum atomic E-state index is -1.26. The molecule has 0 saturated heterocycles. The number of amides is 2. The monoisotopic (exact) mass is 660 g/mol. The van der Waals surface area contributed by atoms with E-state index in [1.165, 1.54) is 0 Å². The molecular formula is C32H56N2O12. The second kappa shape index (κ2) is 23.4. The standard InChI is InChI=1S/C32H56N2O12/c1-31(2,3)20-23(29(39)40)9-12-27(37)34-25(30(41)42)11-10-24(35)8-7-14-43-16-19-46-22-28(38)33-13-15-44-17-18-45-21-26(36)32(4,5)6/h23,25H,7-22H2,1-6H3,(H,33,38)(H,34,37)(H,39,40)(H,41,42)/t23-,25+/m1/s1. The highest BCUT2D eigenvalue weighted by atomic mass is 16.5. The van der Waals surface area contributed by atoms with Crippen molar-refractivity contribution in [2.75, 3.05) is 59.4 Å². The third-order valence-electron chi connectivity index (χ3n) is 6.63. The Kier molecular flexibility index (Phi) is 21.9. The Bertz CT molecular complexity index is 956. The average molecular weight is 661 g/mol. The highest BCUT2D eigenvalue weighted by Crippen LogP contribution is 2.27. The van der Waals surface area contributed by atoms with Crippen molar-refractivity contribution in [3.63, 3.8) is 0 Å². The van der Waals surface area contributed by atoms with Crippen molar-refractivity contribution in [2.45, 2.75) is 92.5 Å². The lowest BCUT2D eigenvalue weighted by molar-refractivity contribution is -0.144. The molecule has 0 aromatic heterocycles. The average Bonchev–Trinajstić information content (AvgIpc) is 2.94. The number of carbonyl (C=O) groups excluding carboxylic acids is 4. The minimum absolute atomic E-state index is 0.0166. The number of hydrogen-bond donors (Lipinski definition) is 4. The Hall–Kier alpha value is -2.94. The SMILES string of the molecule is CC(C)(C)C[C@@H](CCC(=O)N[C@@H](CCC(=O)CCCOCCOCC(=O)NCCOCCOCC(=O)C(C)(C)C)C(=O)O)C(=O)O. The smallest absolute Gasteiger partial charge is 0.326 e. The van der Waals surface area contributed by atoms with Gasteiger partial charge in [-0.05, 0) is 31.1 Å². The van der Waals surface area contributed by atoms with Crippen LogP contribution in [0.25, 0.3) is 0 Å². The van der Waals surface area contributed by atoms with E-state index in [0.717, 1.165) is 0 Å². The van der Waals surface area contributed by atoms with Crippen LogP contribution in [0.1, 0.15) is 86.5 Å². The van der Waals surface area contributed by atoms with Crippen LogP contribution in [0.3, 0.4) is 0 Å². The van der Waals surface area contributed by atoms with E-state index in [0.29, 0.717) is 32.6 Å². The van der Waals surface area contributed by atoms with E-state index in [4.69, 9.17) is 18.9 Å². The third kappa shape index (κ3) is 24.3. The molecule has 0 aliphatic heterocycles. The van der Waals surface area contributed by atoms with E-state index in [9.17, 15) is 39.0 Å². The number of hydrogen-bond acceptors (Lipinski definition) is 10. The summed E-state index contributed by atoms with van der Waals surface area (Å²) in [4.78, 5) is 71.0. The van der Waals surface area contributed by atoms with Gasteiger partial charge in [0.2, 0.25) is 11.8 Å². The van der Waals surface area contributed by atoms with Gasteiger partial charge in [0, 0.05) is 37.8 Å². The van der Waals surface area contributed by atoms with Crippen LogP contribution >= 0.6 is 0 Å². The van der Waals surface area contributed by atoms with Crippen molar-refractivity contribution < 1.29 is 57.9 Å². The number of ether oxygens (including phenoxy) is 4. The Balaban J connectivity index is 3.91. The number of rotatable bonds is 27. The first-order valence-electron chi connectivity index (χ1n) is 15.8. The van der Waals surface area contributed by atoms with Crippen LogP contribution in [-0.2, 0) is 47.7 Å². The van der Waals surface area contributed by atoms with Crippen LogP contribution in [0.2, 0.25) is 0 Å². The molecule has 0 bridgehead atoms. The van der Waals surface area contributed by atoms with Gasteiger partial charge in [-0.25, -0.2) is 4.79 Å². The molecule has 266 valence electrons. The molecule has 0 aliphatic rings. The quantitative estimate of drug-likeness (QED) is 0.0938. The maximum absolute atomic E-state index is 12.3. The molecule has 2 amide bonds. The van der Waals surface area contributed by atoms with Crippen molar-refractivity contribution in [3.05, 3.63) is 0 Å². The largest absolute Gasteiger partial charge is 0.481 e. The second-order valence-electron chi connectivity index (χ2n) is 13.3. The zero-order chi connectivity index (χ0) is 35.2. The summed E-state index contributed by atoms with van der Waals surface area (Å²) in [6, 6.07) is -1.24. The van der Waals surface area contributed by atoms with Crippen LogP contribution in [0.5, 0.6) is 0 Å². The fourth-order valence-electron chi connectivity index (χ4n) is 3.98. The van der Waals surface area contributed by atoms with Gasteiger partial charge in [0.05, 0.1) is 39.0 Å². The molecule has 46 heavy (non-hydrogen) atoms. The number of carboxylic acid groups (broad SMARTS) is 2. The molecule has 0 rings (SSSR count). The molecule has 0 aromatic carbocycles. The van der Waals surface area contributed by atoms with Crippen LogP contribution in [0.4, 0.5) is 0 Å². The molecule has 0 spiro atoms. The van der Waals surface area contributed by atoms with Gasteiger partial charge >= 0.3 is 11.9 Å². The Morgan fingerprint density at radius 1 is 0.652 bits per heavy atom. The van der Waals surface area contributed by atoms with E-state index in [1.807, 2.05) is 41.5 Å². The molecule has 0 radical (unpaired) electrons. The maximum atomic E-state index is 12.3. The molecular weight excluding hydrogens is 604 g/mol. The van der Waals surface area contributed by atoms with Crippen molar-refractivity contribution in [2.24, 2.45) is 16.7 Å². The van der Waals surface area contributed by atoms with E-state index in [-0.39, 0.29) is 94.6 Å². The molecule has 0 aliphatic carbocycles. The normalized spacial score (nSPS) is 13.1. The molecule has 14 nitrogen and oxygen atoms in total. The molecule has 0 fully saturated rings. The summed E-state index contributed by atoms with van der Waals surface area (Å²) in [5.41, 5.74) is -0.668. The van der Waals surface area contributed by atoms with Gasteiger partial charge in [-0.3, -0.25) is 24.0 Å². The van der Waals surface area contributed by atoms with Crippen molar-refractivity contribution in [1.29, 1.82) is 0 Å². The summed E-state index contributed by atoms with van der Waals surface area (Å²) in [6.07, 6.45) is 0.866. The molecule has 0 aromatic rings. The number of carbonyl (C=O) groups is 6. The lowest BCUT2D eigenvalue weighted by Crippen LogP contribution is -2.41. The van der Waals surface area contributed by atoms with Crippen LogP contribution < -0.4 is 10.6 Å². The van der Waals surface area contributed by atoms with Gasteiger partial charge in [0.15, 0.2) is 5.78 Å². The van der Waals surface area contributed by atoms with Gasteiger partial charge in [0.25, 0.3) is 0 Å². The Labute approximate surface area is 272 Å². The summed E-state index contributed by atoms with van der Waals surface area (Å²) in [7, 11) is 0. The second-order valence-corrected chi connectivity index (χ2v) is 13.3. The molecule has 0 saturated carbocycles. The summed E-state index contributed by atoms with van der Waals surface area (Å²) in [6.45, 7) is 13.0. The van der Waals surface area contributed by atoms with Crippen molar-refractivity contribution in [1.82, 2.24) is 10.6 Å². The van der Waals surface area contributed by atoms with Crippen LogP contribution in [-0.4, -0.2) is 111 Å². The zero-order valence-electron chi connectivity index (χ0n) is 28.4. The predicted octanol–water partition coefficient (Wildman–Crippen LogP) is 2.40. The van der Waals surface area contributed by atoms with Gasteiger partial charge in [-0.1, -0.05) is 41.5 Å². The van der Waals surface area contributed by atoms with Gasteiger partial charge in [0.1, 0.15) is 25.0 Å². The van der Waals surface area contributed by atoms with Gasteiger partial charge < -0.3 is 39.8 Å². The number of ketones is 2. The third-order valence-corrected chi connectivity index (χ3v) is 6.63. The topological polar surface area (TPSA) is 204 Å². The highest BCUT2D eigenvalue weighted by molar-refractivity contribution is 5.85. The lowest BCUT2D eigenvalue weighted by Gasteiger charge is -2.23. The molecule has 0 heterocycles. The summed E-state index contributed by atoms with van der Waals surface area (Å²) in [5.74, 6) is -3.98. The number of nitrogens with one attached hydrogen (secondary N) is 2. The fraction of sp³-hybridized carbons (Fsp3) is 0.812. The van der Waals surface area contributed by atoms with Crippen molar-refractivity contribution >= 4 is 35.3 Å². The van der Waals surface area contributed by atoms with E-state index in [1.54, 1.807) is 0 Å². The molecule has 4 N–H and O–H groups in total. The number of aliphatic carboxylic acids is 2. The van der Waals surface area contributed by atoms with Crippen LogP contribution in [0.15, 0.2) is 0 Å². The Morgan fingerprint density at radius 3 is 1.80 bits per heavy atom. The fourth-order valence-corrected chi connectivity index (χ4v) is 3.98. The van der Waals surface area contributed by atoms with Gasteiger partial charge in [-0.2, -0.15) is 0 Å². The first-order chi connectivity index (χ1) is 21.4. The number of carboxylic acids is 2. The van der Waals surface area contributed by atoms with Crippen molar-refractivity contribution in [3.8, 4) is 0 Å². The maximum Gasteiger partial charge on any atom is 0.326 e. The first-order valence-corrected chi connectivity index (χ1v) is 15.8. The summed E-state index contributed by atoms with van der Waals surface area (Å²) < 4.78 is 21.3. The predicted molar refractivity (Wildman–Crippen MR) is 168 cm³/mol. The minimum Gasteiger partial charge on any atom is -0.481 e. The number of Topliss-reactive ketones (excluding diaryl/α,β-unsaturated/α-hetero) is 2. The summed E-state index contributed by atoms with van der Waals surface area (Å²) in [5, 5.41) is 23.9. The molecule has 2 atom stereocenters. The highest BCUT2D eigenvalue weighted by Gasteiger charge is 2.27. The summed E-state index contributed by atoms with van der Waals surface area (Å²) >= 11 is 0. The van der Waals surface area contributed by atoms with Crippen LogP contribution in [0, 0.1) is 16.7 Å². The first kappa shape index (κ1) is 43.1. The van der Waals surface area contributed by atoms with Gasteiger partial charge in [-0.15, -0.1) is 0 Å². The molecule has 14 heteroatoms. The Morgan fingerprint density at radius 2 is 1.24 bits per heavy atom. The molecule has 0 unspecified atom stereocenters. The van der Waals surface area contributed by atoms with E-state index in [2.05, 4.69) is 10.6 Å². The van der Waals surface area contributed by atoms with E-state index < -0.39 is 35.2 Å². The lowest BCUT2D eigenvalue weighted by atomic mass is 9.82. The zero-order valence-corrected chi connectivity index (χ0v) is 28.4.